The molecule has 0 spiro atoms. The summed E-state index contributed by atoms with van der Waals surface area (Å²) in [5.41, 5.74) is 3.68. The first-order chi connectivity index (χ1) is 17.4. The SMILES string of the molecule is COC(=O)C(NC(=O)C(CCc1ccccc1)CSC(C)=O)c1cccc(Cc2ccc(O)cc2)c1. The van der Waals surface area contributed by atoms with E-state index in [2.05, 4.69) is 5.32 Å². The second-order valence-electron chi connectivity index (χ2n) is 8.58. The third-order valence-electron chi connectivity index (χ3n) is 5.84. The molecule has 3 aromatic rings. The van der Waals surface area contributed by atoms with Crippen LogP contribution in [0.2, 0.25) is 0 Å². The van der Waals surface area contributed by atoms with Crippen LogP contribution in [0.3, 0.4) is 0 Å². The summed E-state index contributed by atoms with van der Waals surface area (Å²) in [4.78, 5) is 37.6. The molecule has 0 aliphatic heterocycles. The number of benzene rings is 3. The summed E-state index contributed by atoms with van der Waals surface area (Å²) < 4.78 is 5.01. The van der Waals surface area contributed by atoms with Crippen molar-refractivity contribution in [3.05, 3.63) is 101 Å². The van der Waals surface area contributed by atoms with Crippen LogP contribution in [-0.4, -0.2) is 35.0 Å². The van der Waals surface area contributed by atoms with Gasteiger partial charge < -0.3 is 15.2 Å². The molecule has 0 aromatic heterocycles. The Morgan fingerprint density at radius 2 is 1.61 bits per heavy atom. The zero-order valence-corrected chi connectivity index (χ0v) is 21.3. The van der Waals surface area contributed by atoms with Gasteiger partial charge in [-0.3, -0.25) is 9.59 Å². The molecule has 0 saturated carbocycles. The van der Waals surface area contributed by atoms with E-state index in [0.717, 1.165) is 28.5 Å². The zero-order valence-electron chi connectivity index (χ0n) is 20.5. The number of amides is 1. The van der Waals surface area contributed by atoms with Crippen molar-refractivity contribution in [2.45, 2.75) is 32.2 Å². The highest BCUT2D eigenvalue weighted by Gasteiger charge is 2.28. The van der Waals surface area contributed by atoms with E-state index in [-0.39, 0.29) is 16.8 Å². The number of thioether (sulfide) groups is 1. The van der Waals surface area contributed by atoms with Crippen molar-refractivity contribution < 1.29 is 24.2 Å². The Morgan fingerprint density at radius 3 is 2.28 bits per heavy atom. The van der Waals surface area contributed by atoms with Crippen molar-refractivity contribution in [1.29, 1.82) is 0 Å². The third kappa shape index (κ3) is 8.27. The number of phenols is 1. The summed E-state index contributed by atoms with van der Waals surface area (Å²) >= 11 is 1.11. The number of esters is 1. The number of methoxy groups -OCH3 is 1. The van der Waals surface area contributed by atoms with Gasteiger partial charge in [-0.15, -0.1) is 0 Å². The second kappa shape index (κ2) is 13.5. The number of carbonyl (C=O) groups is 3. The first-order valence-corrected chi connectivity index (χ1v) is 12.8. The van der Waals surface area contributed by atoms with Crippen molar-refractivity contribution in [3.63, 3.8) is 0 Å². The van der Waals surface area contributed by atoms with Gasteiger partial charge >= 0.3 is 5.97 Å². The second-order valence-corrected chi connectivity index (χ2v) is 9.77. The van der Waals surface area contributed by atoms with Crippen LogP contribution in [0, 0.1) is 5.92 Å². The first-order valence-electron chi connectivity index (χ1n) is 11.8. The lowest BCUT2D eigenvalue weighted by Crippen LogP contribution is -2.39. The molecular weight excluding hydrogens is 474 g/mol. The molecule has 6 nitrogen and oxygen atoms in total. The van der Waals surface area contributed by atoms with Gasteiger partial charge in [0.2, 0.25) is 5.91 Å². The predicted molar refractivity (Wildman–Crippen MR) is 142 cm³/mol. The number of carbonyl (C=O) groups excluding carboxylic acids is 3. The number of phenolic OH excluding ortho intramolecular Hbond substituents is 1. The van der Waals surface area contributed by atoms with E-state index in [4.69, 9.17) is 4.74 Å². The van der Waals surface area contributed by atoms with E-state index >= 15 is 0 Å². The maximum atomic E-state index is 13.3. The molecule has 1 amide bonds. The molecule has 3 rings (SSSR count). The van der Waals surface area contributed by atoms with Crippen LogP contribution in [0.5, 0.6) is 5.75 Å². The Hall–Kier alpha value is -3.58. The van der Waals surface area contributed by atoms with Crippen LogP contribution in [0.1, 0.15) is 41.6 Å². The standard InChI is InChI=1S/C29H31NO5S/c1-20(31)36-19-25(14-11-21-7-4-3-5-8-21)28(33)30-27(29(34)35-2)24-10-6-9-23(18-24)17-22-12-15-26(32)16-13-22/h3-10,12-13,15-16,18,25,27,32H,11,14,17,19H2,1-2H3,(H,30,33). The van der Waals surface area contributed by atoms with Gasteiger partial charge in [0, 0.05) is 18.6 Å². The molecule has 3 aromatic carbocycles. The number of hydrogen-bond acceptors (Lipinski definition) is 6. The van der Waals surface area contributed by atoms with Crippen LogP contribution >= 0.6 is 11.8 Å². The molecule has 0 fully saturated rings. The summed E-state index contributed by atoms with van der Waals surface area (Å²) in [7, 11) is 1.29. The largest absolute Gasteiger partial charge is 0.508 e. The highest BCUT2D eigenvalue weighted by Crippen LogP contribution is 2.22. The first kappa shape index (κ1) is 27.0. The highest BCUT2D eigenvalue weighted by molar-refractivity contribution is 8.13. The Kier molecular flexibility index (Phi) is 10.1. The van der Waals surface area contributed by atoms with Crippen molar-refractivity contribution in [3.8, 4) is 5.75 Å². The maximum Gasteiger partial charge on any atom is 0.333 e. The minimum atomic E-state index is -0.969. The molecular formula is C29H31NO5S. The van der Waals surface area contributed by atoms with E-state index in [1.54, 1.807) is 18.2 Å². The average molecular weight is 506 g/mol. The monoisotopic (exact) mass is 505 g/mol. The van der Waals surface area contributed by atoms with Crippen molar-refractivity contribution >= 4 is 28.8 Å². The number of aryl methyl sites for hydroxylation is 1. The highest BCUT2D eigenvalue weighted by atomic mass is 32.2. The molecule has 7 heteroatoms. The van der Waals surface area contributed by atoms with Crippen molar-refractivity contribution in [1.82, 2.24) is 5.32 Å². The minimum Gasteiger partial charge on any atom is -0.508 e. The van der Waals surface area contributed by atoms with E-state index < -0.39 is 17.9 Å². The van der Waals surface area contributed by atoms with Crippen LogP contribution in [0.15, 0.2) is 78.9 Å². The topological polar surface area (TPSA) is 92.7 Å². The lowest BCUT2D eigenvalue weighted by atomic mass is 9.97. The Morgan fingerprint density at radius 1 is 0.917 bits per heavy atom. The maximum absolute atomic E-state index is 13.3. The molecule has 0 aliphatic rings. The number of aromatic hydroxyl groups is 1. The van der Waals surface area contributed by atoms with Crippen molar-refractivity contribution in [2.24, 2.45) is 5.92 Å². The van der Waals surface area contributed by atoms with Gasteiger partial charge in [-0.05, 0) is 53.6 Å². The number of hydrogen-bond donors (Lipinski definition) is 2. The summed E-state index contributed by atoms with van der Waals surface area (Å²) in [5, 5.41) is 12.3. The van der Waals surface area contributed by atoms with Crippen LogP contribution in [-0.2, 0) is 32.0 Å². The molecule has 2 atom stereocenters. The average Bonchev–Trinajstić information content (AvgIpc) is 2.88. The Labute approximate surface area is 216 Å². The van der Waals surface area contributed by atoms with Crippen molar-refractivity contribution in [2.75, 3.05) is 12.9 Å². The molecule has 2 N–H and O–H groups in total. The van der Waals surface area contributed by atoms with Crippen LogP contribution in [0.25, 0.3) is 0 Å². The van der Waals surface area contributed by atoms with Gasteiger partial charge in [-0.1, -0.05) is 78.5 Å². The molecule has 0 saturated heterocycles. The molecule has 0 radical (unpaired) electrons. The fourth-order valence-corrected chi connectivity index (χ4v) is 4.64. The van der Waals surface area contributed by atoms with Gasteiger partial charge in [0.25, 0.3) is 0 Å². The molecule has 0 bridgehead atoms. The molecule has 36 heavy (non-hydrogen) atoms. The molecule has 0 heterocycles. The fourth-order valence-electron chi connectivity index (χ4n) is 3.88. The Balaban J connectivity index is 1.77. The minimum absolute atomic E-state index is 0.0565. The third-order valence-corrected chi connectivity index (χ3v) is 6.81. The smallest absolute Gasteiger partial charge is 0.333 e. The lowest BCUT2D eigenvalue weighted by Gasteiger charge is -2.22. The predicted octanol–water partition coefficient (Wildman–Crippen LogP) is 4.84. The summed E-state index contributed by atoms with van der Waals surface area (Å²) in [6.07, 6.45) is 1.83. The molecule has 2 unspecified atom stereocenters. The molecule has 0 aliphatic carbocycles. The van der Waals surface area contributed by atoms with Gasteiger partial charge in [0.1, 0.15) is 5.75 Å². The zero-order chi connectivity index (χ0) is 25.9. The number of rotatable bonds is 11. The van der Waals surface area contributed by atoms with Crippen LogP contribution < -0.4 is 5.32 Å². The molecule has 188 valence electrons. The fraction of sp³-hybridized carbons (Fsp3) is 0.276. The summed E-state index contributed by atoms with van der Waals surface area (Å²) in [6.45, 7) is 1.48. The van der Waals surface area contributed by atoms with Gasteiger partial charge in [-0.2, -0.15) is 0 Å². The summed E-state index contributed by atoms with van der Waals surface area (Å²) in [6, 6.07) is 23.3. The Bertz CT molecular complexity index is 1160. The number of ether oxygens (including phenoxy) is 1. The lowest BCUT2D eigenvalue weighted by molar-refractivity contribution is -0.145. The summed E-state index contributed by atoms with van der Waals surface area (Å²) in [5.74, 6) is -0.773. The van der Waals surface area contributed by atoms with Gasteiger partial charge in [0.15, 0.2) is 11.2 Å². The number of nitrogens with one attached hydrogen (secondary N) is 1. The quantitative estimate of drug-likeness (QED) is 0.362. The van der Waals surface area contributed by atoms with E-state index in [1.165, 1.54) is 14.0 Å². The van der Waals surface area contributed by atoms with E-state index in [0.29, 0.717) is 30.6 Å². The van der Waals surface area contributed by atoms with E-state index in [1.807, 2.05) is 60.7 Å². The normalized spacial score (nSPS) is 12.4. The van der Waals surface area contributed by atoms with Crippen LogP contribution in [0.4, 0.5) is 0 Å². The van der Waals surface area contributed by atoms with Gasteiger partial charge in [-0.25, -0.2) is 4.79 Å². The van der Waals surface area contributed by atoms with Gasteiger partial charge in [0.05, 0.1) is 7.11 Å². The van der Waals surface area contributed by atoms with E-state index in [9.17, 15) is 19.5 Å².